The molecule has 0 unspecified atom stereocenters. The Kier molecular flexibility index (Phi) is 3.54. The fourth-order valence-corrected chi connectivity index (χ4v) is 4.52. The molecule has 0 heterocycles. The second kappa shape index (κ2) is 4.46. The van der Waals surface area contributed by atoms with E-state index in [1.54, 1.807) is 13.8 Å². The lowest BCUT2D eigenvalue weighted by Crippen LogP contribution is -2.59. The highest BCUT2D eigenvalue weighted by molar-refractivity contribution is 5.05. The zero-order valence-corrected chi connectivity index (χ0v) is 12.1. The molecular weight excluding hydrogens is 228 g/mol. The molecule has 0 amide bonds. The zero-order valence-electron chi connectivity index (χ0n) is 12.1. The summed E-state index contributed by atoms with van der Waals surface area (Å²) in [7, 11) is 0. The van der Waals surface area contributed by atoms with Gasteiger partial charge in [-0.25, -0.2) is 0 Å². The first-order chi connectivity index (χ1) is 8.18. The summed E-state index contributed by atoms with van der Waals surface area (Å²) in [6.07, 6.45) is 2.69. The molecule has 2 aliphatic carbocycles. The molecule has 0 aliphatic heterocycles. The molecule has 0 aromatic heterocycles. The van der Waals surface area contributed by atoms with E-state index in [1.807, 2.05) is 0 Å². The average Bonchev–Trinajstić information content (AvgIpc) is 2.22. The summed E-state index contributed by atoms with van der Waals surface area (Å²) in [4.78, 5) is 0. The summed E-state index contributed by atoms with van der Waals surface area (Å²) in [6, 6.07) is 0. The summed E-state index contributed by atoms with van der Waals surface area (Å²) < 4.78 is 0. The number of hydrogen-bond donors (Lipinski definition) is 3. The Morgan fingerprint density at radius 1 is 1.11 bits per heavy atom. The van der Waals surface area contributed by atoms with Gasteiger partial charge in [-0.05, 0) is 56.8 Å². The Labute approximate surface area is 110 Å². The first kappa shape index (κ1) is 14.3. The van der Waals surface area contributed by atoms with Gasteiger partial charge in [-0.2, -0.15) is 0 Å². The molecule has 2 fully saturated rings. The number of rotatable bonds is 1. The highest BCUT2D eigenvalue weighted by atomic mass is 16.3. The van der Waals surface area contributed by atoms with Crippen molar-refractivity contribution in [1.82, 2.24) is 0 Å². The van der Waals surface area contributed by atoms with Crippen molar-refractivity contribution in [3.05, 3.63) is 0 Å². The van der Waals surface area contributed by atoms with Gasteiger partial charge in [0.25, 0.3) is 0 Å². The van der Waals surface area contributed by atoms with Crippen LogP contribution >= 0.6 is 0 Å². The van der Waals surface area contributed by atoms with Gasteiger partial charge >= 0.3 is 0 Å². The van der Waals surface area contributed by atoms with Crippen LogP contribution in [0.1, 0.15) is 53.4 Å². The number of fused-ring (bicyclic) bond motifs is 1. The maximum atomic E-state index is 10.7. The molecule has 0 spiro atoms. The smallest absolute Gasteiger partial charge is 0.0644 e. The van der Waals surface area contributed by atoms with Gasteiger partial charge in [0.1, 0.15) is 0 Å². The van der Waals surface area contributed by atoms with Crippen LogP contribution < -0.4 is 0 Å². The van der Waals surface area contributed by atoms with E-state index < -0.39 is 11.7 Å². The molecule has 3 N–H and O–H groups in total. The molecule has 6 atom stereocenters. The minimum atomic E-state index is -0.844. The average molecular weight is 256 g/mol. The van der Waals surface area contributed by atoms with Gasteiger partial charge in [0.15, 0.2) is 0 Å². The van der Waals surface area contributed by atoms with Crippen molar-refractivity contribution in [1.29, 1.82) is 0 Å². The van der Waals surface area contributed by atoms with Crippen LogP contribution in [-0.2, 0) is 0 Å². The van der Waals surface area contributed by atoms with E-state index in [9.17, 15) is 15.3 Å². The molecule has 3 nitrogen and oxygen atoms in total. The van der Waals surface area contributed by atoms with E-state index in [-0.39, 0.29) is 23.4 Å². The van der Waals surface area contributed by atoms with Crippen LogP contribution in [0.2, 0.25) is 0 Å². The van der Waals surface area contributed by atoms with E-state index in [1.165, 1.54) is 0 Å². The van der Waals surface area contributed by atoms with Crippen LogP contribution in [-0.4, -0.2) is 33.1 Å². The van der Waals surface area contributed by atoms with Crippen LogP contribution in [0.5, 0.6) is 0 Å². The fraction of sp³-hybridized carbons (Fsp3) is 1.00. The van der Waals surface area contributed by atoms with Gasteiger partial charge in [-0.3, -0.25) is 0 Å². The maximum absolute atomic E-state index is 10.7. The lowest BCUT2D eigenvalue weighted by atomic mass is 9.51. The van der Waals surface area contributed by atoms with Gasteiger partial charge in [-0.15, -0.1) is 0 Å². The van der Waals surface area contributed by atoms with Crippen LogP contribution in [0.15, 0.2) is 0 Å². The molecule has 18 heavy (non-hydrogen) atoms. The highest BCUT2D eigenvalue weighted by Gasteiger charge is 2.55. The third-order valence-electron chi connectivity index (χ3n) is 5.71. The molecule has 2 aliphatic rings. The minimum absolute atomic E-state index is 0.0803. The van der Waals surface area contributed by atoms with Crippen molar-refractivity contribution in [2.45, 2.75) is 71.2 Å². The molecule has 0 saturated heterocycles. The normalized spacial score (nSPS) is 49.8. The van der Waals surface area contributed by atoms with E-state index in [0.29, 0.717) is 5.92 Å². The first-order valence-corrected chi connectivity index (χ1v) is 7.26. The van der Waals surface area contributed by atoms with Gasteiger partial charge in [0.05, 0.1) is 17.8 Å². The van der Waals surface area contributed by atoms with E-state index in [2.05, 4.69) is 13.8 Å². The molecule has 2 saturated carbocycles. The van der Waals surface area contributed by atoms with Crippen LogP contribution in [0.4, 0.5) is 0 Å². The third kappa shape index (κ3) is 2.10. The van der Waals surface area contributed by atoms with Gasteiger partial charge in [-0.1, -0.05) is 13.8 Å². The molecule has 106 valence electrons. The molecule has 2 rings (SSSR count). The summed E-state index contributed by atoms with van der Waals surface area (Å²) in [5, 5.41) is 31.2. The largest absolute Gasteiger partial charge is 0.393 e. The molecule has 0 radical (unpaired) electrons. The predicted molar refractivity (Wildman–Crippen MR) is 71.0 cm³/mol. The molecule has 0 aromatic rings. The standard InChI is InChI=1S/C15H28O3/c1-9-5-6-11(16)15(4)8-7-10(14(2,3)18)13(17)12(9)15/h9-13,16-18H,5-8H2,1-4H3/t9-,10+,11+,12+,13-,15-/m1/s1. The Morgan fingerprint density at radius 3 is 2.28 bits per heavy atom. The Morgan fingerprint density at radius 2 is 1.72 bits per heavy atom. The van der Waals surface area contributed by atoms with Crippen molar-refractivity contribution in [2.75, 3.05) is 0 Å². The lowest BCUT2D eigenvalue weighted by Gasteiger charge is -2.57. The second-order valence-electron chi connectivity index (χ2n) is 7.39. The van der Waals surface area contributed by atoms with Crippen LogP contribution in [0.25, 0.3) is 0 Å². The van der Waals surface area contributed by atoms with Crippen LogP contribution in [0, 0.1) is 23.2 Å². The molecule has 0 aromatic carbocycles. The quantitative estimate of drug-likeness (QED) is 0.672. The third-order valence-corrected chi connectivity index (χ3v) is 5.71. The minimum Gasteiger partial charge on any atom is -0.393 e. The van der Waals surface area contributed by atoms with Gasteiger partial charge in [0.2, 0.25) is 0 Å². The highest BCUT2D eigenvalue weighted by Crippen LogP contribution is 2.55. The number of aliphatic hydroxyl groups is 3. The van der Waals surface area contributed by atoms with Crippen LogP contribution in [0.3, 0.4) is 0 Å². The lowest BCUT2D eigenvalue weighted by molar-refractivity contribution is -0.184. The Balaban J connectivity index is 2.29. The summed E-state index contributed by atoms with van der Waals surface area (Å²) in [5.74, 6) is 0.438. The second-order valence-corrected chi connectivity index (χ2v) is 7.39. The predicted octanol–water partition coefficient (Wildman–Crippen LogP) is 1.94. The van der Waals surface area contributed by atoms with Crippen molar-refractivity contribution in [3.8, 4) is 0 Å². The van der Waals surface area contributed by atoms with Gasteiger partial charge in [0, 0.05) is 5.92 Å². The first-order valence-electron chi connectivity index (χ1n) is 7.26. The number of hydrogen-bond acceptors (Lipinski definition) is 3. The fourth-order valence-electron chi connectivity index (χ4n) is 4.52. The SMILES string of the molecule is C[C@@H]1CC[C@H](O)[C@@]2(C)CC[C@H](C(C)(C)O)[C@@H](O)[C@H]12. The zero-order chi connectivity index (χ0) is 13.7. The van der Waals surface area contributed by atoms with Gasteiger partial charge < -0.3 is 15.3 Å². The summed E-state index contributed by atoms with van der Waals surface area (Å²) >= 11 is 0. The molecule has 0 bridgehead atoms. The van der Waals surface area contributed by atoms with E-state index >= 15 is 0 Å². The summed E-state index contributed by atoms with van der Waals surface area (Å²) in [6.45, 7) is 7.85. The summed E-state index contributed by atoms with van der Waals surface area (Å²) in [5.41, 5.74) is -1.03. The van der Waals surface area contributed by atoms with E-state index in [0.717, 1.165) is 25.7 Å². The Hall–Kier alpha value is -0.120. The van der Waals surface area contributed by atoms with Crippen molar-refractivity contribution in [2.24, 2.45) is 23.2 Å². The van der Waals surface area contributed by atoms with Crippen molar-refractivity contribution < 1.29 is 15.3 Å². The monoisotopic (exact) mass is 256 g/mol. The van der Waals surface area contributed by atoms with Crippen molar-refractivity contribution in [3.63, 3.8) is 0 Å². The number of aliphatic hydroxyl groups excluding tert-OH is 2. The maximum Gasteiger partial charge on any atom is 0.0644 e. The topological polar surface area (TPSA) is 60.7 Å². The molecular formula is C15H28O3. The van der Waals surface area contributed by atoms with E-state index in [4.69, 9.17) is 0 Å². The van der Waals surface area contributed by atoms with Crippen molar-refractivity contribution >= 4 is 0 Å². The Bertz CT molecular complexity index is 309. The molecule has 3 heteroatoms.